The second kappa shape index (κ2) is 16.7. The summed E-state index contributed by atoms with van der Waals surface area (Å²) in [7, 11) is -2.79. The lowest BCUT2D eigenvalue weighted by Crippen LogP contribution is -2.78. The molecule has 0 saturated carbocycles. The van der Waals surface area contributed by atoms with Crippen molar-refractivity contribution in [3.63, 3.8) is 0 Å². The van der Waals surface area contributed by atoms with Gasteiger partial charge in [-0.3, -0.25) is 0 Å². The summed E-state index contributed by atoms with van der Waals surface area (Å²) in [6.07, 6.45) is 2.20. The third-order valence-electron chi connectivity index (χ3n) is 13.4. The van der Waals surface area contributed by atoms with E-state index in [4.69, 9.17) is 9.97 Å². The van der Waals surface area contributed by atoms with Gasteiger partial charge in [0.05, 0.1) is 0 Å². The van der Waals surface area contributed by atoms with Crippen LogP contribution in [0.3, 0.4) is 0 Å². The summed E-state index contributed by atoms with van der Waals surface area (Å²) in [6.45, 7) is 6.95. The third kappa shape index (κ3) is 6.95. The molecule has 1 spiro atoms. The van der Waals surface area contributed by atoms with E-state index in [-0.39, 0.29) is 5.41 Å². The van der Waals surface area contributed by atoms with Crippen molar-refractivity contribution in [1.29, 1.82) is 0 Å². The smallest absolute Gasteiger partial charge is 0.188 e. The van der Waals surface area contributed by atoms with Gasteiger partial charge in [-0.05, 0) is 113 Å². The van der Waals surface area contributed by atoms with Crippen LogP contribution >= 0.6 is 23.5 Å². The molecule has 5 heteroatoms. The molecule has 0 atom stereocenters. The Labute approximate surface area is 402 Å². The molecule has 9 aromatic carbocycles. The van der Waals surface area contributed by atoms with Crippen molar-refractivity contribution >= 4 is 52.3 Å². The predicted molar refractivity (Wildman–Crippen MR) is 285 cm³/mol. The van der Waals surface area contributed by atoms with Crippen molar-refractivity contribution in [2.24, 2.45) is 0 Å². The zero-order chi connectivity index (χ0) is 45.1. The minimum absolute atomic E-state index is 0.245. The highest BCUT2D eigenvalue weighted by molar-refractivity contribution is 8.01. The number of hydrogen-bond donors (Lipinski definition) is 0. The van der Waals surface area contributed by atoms with E-state index in [2.05, 4.69) is 245 Å². The van der Waals surface area contributed by atoms with E-state index >= 15 is 0 Å². The Hall–Kier alpha value is -7.02. The maximum atomic E-state index is 5.66. The highest BCUT2D eigenvalue weighted by atomic mass is 32.2. The van der Waals surface area contributed by atoms with Crippen molar-refractivity contribution in [3.8, 4) is 67.0 Å². The van der Waals surface area contributed by atoms with Crippen molar-refractivity contribution < 1.29 is 0 Å². The van der Waals surface area contributed by atoms with Gasteiger partial charge in [0.25, 0.3) is 0 Å². The molecule has 0 N–H and O–H groups in total. The van der Waals surface area contributed by atoms with Crippen LogP contribution in [0.25, 0.3) is 67.0 Å². The molecular formula is C62H46N2S2Si. The van der Waals surface area contributed by atoms with Crippen molar-refractivity contribution in [2.45, 2.75) is 45.9 Å². The van der Waals surface area contributed by atoms with E-state index in [1.807, 2.05) is 11.8 Å². The summed E-state index contributed by atoms with van der Waals surface area (Å²) < 4.78 is 0. The van der Waals surface area contributed by atoms with E-state index in [0.29, 0.717) is 0 Å². The predicted octanol–water partition coefficient (Wildman–Crippen LogP) is 14.1. The van der Waals surface area contributed by atoms with Gasteiger partial charge in [-0.1, -0.05) is 232 Å². The van der Waals surface area contributed by atoms with Crippen LogP contribution in [0.2, 0.25) is 0 Å². The first-order valence-electron chi connectivity index (χ1n) is 23.0. The number of rotatable bonds is 6. The van der Waals surface area contributed by atoms with Crippen LogP contribution in [0, 0.1) is 0 Å². The summed E-state index contributed by atoms with van der Waals surface area (Å²) >= 11 is 3.69. The Morgan fingerprint density at radius 3 is 1.31 bits per heavy atom. The second-order valence-electron chi connectivity index (χ2n) is 18.4. The molecule has 3 heterocycles. The summed E-state index contributed by atoms with van der Waals surface area (Å²) in [4.78, 5) is 15.0. The number of hydrogen-bond acceptors (Lipinski definition) is 4. The first kappa shape index (κ1) is 41.4. The molecule has 2 nitrogen and oxygen atoms in total. The normalized spacial score (nSPS) is 13.3. The molecule has 0 saturated heterocycles. The van der Waals surface area contributed by atoms with Crippen LogP contribution in [-0.2, 0) is 5.41 Å². The molecule has 12 rings (SSSR count). The molecule has 320 valence electrons. The van der Waals surface area contributed by atoms with E-state index in [9.17, 15) is 0 Å². The second-order valence-corrected chi connectivity index (χ2v) is 24.2. The molecule has 10 aromatic rings. The summed E-state index contributed by atoms with van der Waals surface area (Å²) in [5, 5.41) is 6.57. The van der Waals surface area contributed by atoms with E-state index in [0.717, 1.165) is 22.0 Å². The Morgan fingerprint density at radius 2 is 0.806 bits per heavy atom. The monoisotopic (exact) mass is 910 g/mol. The quantitative estimate of drug-likeness (QED) is 0.123. The topological polar surface area (TPSA) is 25.8 Å². The summed E-state index contributed by atoms with van der Waals surface area (Å²) in [5.74, 6) is 0.758. The van der Waals surface area contributed by atoms with Crippen molar-refractivity contribution in [2.75, 3.05) is 0 Å². The molecule has 2 aliphatic rings. The van der Waals surface area contributed by atoms with Crippen LogP contribution in [0.5, 0.6) is 0 Å². The molecule has 0 fully saturated rings. The fourth-order valence-corrected chi connectivity index (χ4v) is 19.4. The van der Waals surface area contributed by atoms with Gasteiger partial charge in [-0.2, -0.15) is 0 Å². The first-order chi connectivity index (χ1) is 32.9. The van der Waals surface area contributed by atoms with Crippen LogP contribution < -0.4 is 20.7 Å². The highest BCUT2D eigenvalue weighted by Crippen LogP contribution is 2.51. The Bertz CT molecular complexity index is 3430. The lowest BCUT2D eigenvalue weighted by Gasteiger charge is -2.43. The fraction of sp³-hybridized carbons (Fsp3) is 0.0645. The van der Waals surface area contributed by atoms with E-state index < -0.39 is 8.07 Å². The van der Waals surface area contributed by atoms with E-state index in [1.54, 1.807) is 11.8 Å². The van der Waals surface area contributed by atoms with Gasteiger partial charge in [0, 0.05) is 31.6 Å². The maximum Gasteiger partial charge on any atom is 0.188 e. The molecule has 1 aromatic heterocycles. The van der Waals surface area contributed by atoms with Gasteiger partial charge >= 0.3 is 0 Å². The Balaban J connectivity index is 1.11. The van der Waals surface area contributed by atoms with Gasteiger partial charge in [0.1, 0.15) is 5.03 Å². The van der Waals surface area contributed by atoms with Gasteiger partial charge in [-0.15, -0.1) is 0 Å². The van der Waals surface area contributed by atoms with Crippen molar-refractivity contribution in [1.82, 2.24) is 9.97 Å². The molecular weight excluding hydrogens is 865 g/mol. The molecule has 0 amide bonds. The molecule has 0 aliphatic carbocycles. The molecule has 2 aliphatic heterocycles. The SMILES string of the molecule is CC(C)(C)c1cc(-c2c(-c3ccccc3)cc(-c3ccccc3)c(-c3ccccc3)c2-c2ccccc2)ccc1-c1ncc2c(n1)Sc1ccccc1[Si]21c2ccccc2Sc2ccccc21. The Kier molecular flexibility index (Phi) is 10.3. The van der Waals surface area contributed by atoms with Crippen LogP contribution in [0.15, 0.2) is 244 Å². The minimum atomic E-state index is -2.79. The number of nitrogens with zero attached hydrogens (tertiary/aromatic N) is 2. The third-order valence-corrected chi connectivity index (χ3v) is 21.3. The van der Waals surface area contributed by atoms with Crippen LogP contribution in [0.1, 0.15) is 26.3 Å². The molecule has 0 bridgehead atoms. The van der Waals surface area contributed by atoms with Crippen LogP contribution in [0.4, 0.5) is 0 Å². The minimum Gasteiger partial charge on any atom is -0.237 e. The zero-order valence-electron chi connectivity index (χ0n) is 37.6. The zero-order valence-corrected chi connectivity index (χ0v) is 40.2. The Morgan fingerprint density at radius 1 is 0.373 bits per heavy atom. The van der Waals surface area contributed by atoms with E-state index in [1.165, 1.54) is 91.1 Å². The van der Waals surface area contributed by atoms with Gasteiger partial charge in [0.15, 0.2) is 13.9 Å². The van der Waals surface area contributed by atoms with Gasteiger partial charge < -0.3 is 0 Å². The lowest BCUT2D eigenvalue weighted by molar-refractivity contribution is 0.591. The summed E-state index contributed by atoms with van der Waals surface area (Å²) in [6, 6.07) is 80.3. The molecule has 0 radical (unpaired) electrons. The molecule has 67 heavy (non-hydrogen) atoms. The lowest BCUT2D eigenvalue weighted by atomic mass is 9.77. The summed E-state index contributed by atoms with van der Waals surface area (Å²) in [5.41, 5.74) is 13.9. The van der Waals surface area contributed by atoms with Crippen molar-refractivity contribution in [3.05, 3.63) is 230 Å². The number of benzene rings is 9. The average molecular weight is 911 g/mol. The number of aromatic nitrogens is 2. The fourth-order valence-electron chi connectivity index (χ4n) is 10.5. The molecule has 0 unspecified atom stereocenters. The van der Waals surface area contributed by atoms with Gasteiger partial charge in [0.2, 0.25) is 0 Å². The van der Waals surface area contributed by atoms with Crippen LogP contribution in [-0.4, -0.2) is 18.0 Å². The number of fused-ring (bicyclic) bond motifs is 8. The standard InChI is InChI=1S/C62H46N2S2Si/c1-62(2,3)49-38-45(58-48(42-24-10-5-11-25-42)39-47(41-22-8-4-9-23-41)57(43-26-12-6-13-27-43)59(58)44-28-14-7-15-29-44)36-37-46(49)60-63-40-56-61(64-60)66-52-32-18-21-35-55(52)67(56)53-33-19-16-30-50(53)65-51-31-17-20-34-54(51)67/h4-40H,1-3H3. The highest BCUT2D eigenvalue weighted by Gasteiger charge is 2.52. The van der Waals surface area contributed by atoms with Gasteiger partial charge in [-0.25, -0.2) is 9.97 Å². The first-order valence-corrected chi connectivity index (χ1v) is 26.6. The average Bonchev–Trinajstić information content (AvgIpc) is 3.38. The largest absolute Gasteiger partial charge is 0.237 e. The maximum absolute atomic E-state index is 5.66.